The fourth-order valence-electron chi connectivity index (χ4n) is 5.91. The summed E-state index contributed by atoms with van der Waals surface area (Å²) in [6, 6.07) is 0. The lowest BCUT2D eigenvalue weighted by molar-refractivity contribution is -0.231. The Morgan fingerprint density at radius 2 is 1.93 bits per heavy atom. The molecular formula is C29H48ClNO9. The van der Waals surface area contributed by atoms with E-state index < -0.39 is 30.4 Å². The third-order valence-corrected chi connectivity index (χ3v) is 8.23. The predicted molar refractivity (Wildman–Crippen MR) is 150 cm³/mol. The lowest BCUT2D eigenvalue weighted by Crippen LogP contribution is -2.44. The Labute approximate surface area is 244 Å². The van der Waals surface area contributed by atoms with Gasteiger partial charge in [-0.3, -0.25) is 0 Å². The average molecular weight is 590 g/mol. The van der Waals surface area contributed by atoms with Gasteiger partial charge in [-0.05, 0) is 80.4 Å². The van der Waals surface area contributed by atoms with E-state index in [1.54, 1.807) is 0 Å². The number of aliphatic hydroxyl groups excluding tert-OH is 2. The maximum atomic E-state index is 11.7. The Balaban J connectivity index is 0.000000217. The van der Waals surface area contributed by atoms with Crippen molar-refractivity contribution in [3.05, 3.63) is 23.8 Å². The van der Waals surface area contributed by atoms with Crippen LogP contribution in [0.4, 0.5) is 0 Å². The SMILES string of the molecule is C=C1C(=O)OC2C1CCC(C)=CCCC1(C)OC21.CN(C)CCCOC1C(C(O)CO)OC2OC(C)(C)OC21.Cl. The Morgan fingerprint density at radius 1 is 1.20 bits per heavy atom. The number of nitrogens with zero attached hydrogens (tertiary/aromatic N) is 1. The van der Waals surface area contributed by atoms with Crippen LogP contribution in [0, 0.1) is 5.92 Å². The Kier molecular flexibility index (Phi) is 11.3. The van der Waals surface area contributed by atoms with Crippen molar-refractivity contribution >= 4 is 18.4 Å². The smallest absolute Gasteiger partial charge is 0.334 e. The van der Waals surface area contributed by atoms with Gasteiger partial charge >= 0.3 is 5.97 Å². The van der Waals surface area contributed by atoms with E-state index in [9.17, 15) is 9.90 Å². The van der Waals surface area contributed by atoms with Gasteiger partial charge in [0, 0.05) is 18.1 Å². The summed E-state index contributed by atoms with van der Waals surface area (Å²) in [5, 5.41) is 19.0. The van der Waals surface area contributed by atoms with Crippen LogP contribution in [0.3, 0.4) is 0 Å². The number of halogens is 1. The monoisotopic (exact) mass is 589 g/mol. The standard InChI is InChI=1S/C15H20O3.C14H27NO6.ClH/c1-9-5-4-8-15(3)13(18-15)12-11(7-6-9)10(2)14(16)17-12;1-14(2)20-12-11(18-7-5-6-15(3)4)10(9(17)8-16)19-13(12)21-14;/h5,11-13H,2,4,6-8H2,1,3H3;9-13,16-17H,5-8H2,1-4H3;1H. The number of allylic oxidation sites excluding steroid dienone is 2. The normalized spacial score (nSPS) is 38.6. The fourth-order valence-corrected chi connectivity index (χ4v) is 5.91. The zero-order valence-corrected chi connectivity index (χ0v) is 25.5. The highest BCUT2D eigenvalue weighted by Gasteiger charge is 2.61. The van der Waals surface area contributed by atoms with Crippen LogP contribution in [0.1, 0.15) is 59.8 Å². The summed E-state index contributed by atoms with van der Waals surface area (Å²) in [7, 11) is 4.01. The molecule has 11 heteroatoms. The number of esters is 1. The van der Waals surface area contributed by atoms with Crippen LogP contribution in [-0.4, -0.2) is 109 Å². The van der Waals surface area contributed by atoms with Gasteiger partial charge in [0.05, 0.1) is 12.2 Å². The van der Waals surface area contributed by atoms with Crippen molar-refractivity contribution in [1.29, 1.82) is 0 Å². The molecule has 0 radical (unpaired) electrons. The van der Waals surface area contributed by atoms with Crippen LogP contribution in [0.5, 0.6) is 0 Å². The van der Waals surface area contributed by atoms with E-state index in [1.165, 1.54) is 5.57 Å². The number of aliphatic hydroxyl groups is 2. The van der Waals surface area contributed by atoms with E-state index in [0.29, 0.717) is 12.2 Å². The Morgan fingerprint density at radius 3 is 2.60 bits per heavy atom. The molecule has 4 heterocycles. The molecule has 0 amide bonds. The van der Waals surface area contributed by atoms with Crippen LogP contribution < -0.4 is 0 Å². The Hall–Kier alpha value is -1.08. The minimum absolute atomic E-state index is 0. The van der Waals surface area contributed by atoms with Crippen LogP contribution in [0.25, 0.3) is 0 Å². The topological polar surface area (TPSA) is 119 Å². The van der Waals surface area contributed by atoms with Crippen LogP contribution >= 0.6 is 12.4 Å². The van der Waals surface area contributed by atoms with E-state index >= 15 is 0 Å². The van der Waals surface area contributed by atoms with E-state index in [1.807, 2.05) is 27.9 Å². The highest BCUT2D eigenvalue weighted by atomic mass is 35.5. The molecule has 9 atom stereocenters. The van der Waals surface area contributed by atoms with Gasteiger partial charge in [0.1, 0.15) is 36.6 Å². The molecular weight excluding hydrogens is 542 g/mol. The number of hydrogen-bond acceptors (Lipinski definition) is 10. The van der Waals surface area contributed by atoms with Gasteiger partial charge in [-0.25, -0.2) is 4.79 Å². The average Bonchev–Trinajstić information content (AvgIpc) is 3.10. The molecule has 5 aliphatic rings. The number of carbonyl (C=O) groups is 1. The summed E-state index contributed by atoms with van der Waals surface area (Å²) < 4.78 is 34.3. The molecule has 0 bridgehead atoms. The zero-order chi connectivity index (χ0) is 28.5. The molecule has 0 aromatic rings. The molecule has 0 spiro atoms. The van der Waals surface area contributed by atoms with Gasteiger partial charge in [0.15, 0.2) is 12.1 Å². The maximum absolute atomic E-state index is 11.7. The van der Waals surface area contributed by atoms with E-state index in [0.717, 1.165) is 38.6 Å². The molecule has 5 rings (SSSR count). The molecule has 2 N–H and O–H groups in total. The first-order valence-corrected chi connectivity index (χ1v) is 14.1. The first-order chi connectivity index (χ1) is 18.3. The predicted octanol–water partition coefficient (Wildman–Crippen LogP) is 2.74. The quantitative estimate of drug-likeness (QED) is 0.151. The summed E-state index contributed by atoms with van der Waals surface area (Å²) in [5.41, 5.74) is 1.91. The fraction of sp³-hybridized carbons (Fsp3) is 0.828. The molecule has 4 fully saturated rings. The van der Waals surface area contributed by atoms with Gasteiger partial charge < -0.3 is 43.5 Å². The number of rotatable bonds is 7. The van der Waals surface area contributed by atoms with Crippen molar-refractivity contribution in [3.8, 4) is 0 Å². The molecule has 4 saturated heterocycles. The van der Waals surface area contributed by atoms with Crippen molar-refractivity contribution < 1.29 is 43.4 Å². The third kappa shape index (κ3) is 7.65. The van der Waals surface area contributed by atoms with E-state index in [2.05, 4.69) is 31.4 Å². The maximum Gasteiger partial charge on any atom is 0.334 e. The second kappa shape index (κ2) is 13.5. The van der Waals surface area contributed by atoms with Gasteiger partial charge in [-0.15, -0.1) is 12.4 Å². The minimum atomic E-state index is -1.01. The molecule has 10 nitrogen and oxygen atoms in total. The highest BCUT2D eigenvalue weighted by Crippen LogP contribution is 2.49. The second-order valence-corrected chi connectivity index (χ2v) is 12.3. The first-order valence-electron chi connectivity index (χ1n) is 14.1. The largest absolute Gasteiger partial charge is 0.455 e. The molecule has 9 unspecified atom stereocenters. The molecule has 1 aliphatic carbocycles. The molecule has 40 heavy (non-hydrogen) atoms. The lowest BCUT2D eigenvalue weighted by Gasteiger charge is -2.28. The number of hydrogen-bond donors (Lipinski definition) is 2. The number of carbonyl (C=O) groups excluding carboxylic acids is 1. The van der Waals surface area contributed by atoms with Crippen molar-refractivity contribution in [2.45, 2.75) is 114 Å². The third-order valence-electron chi connectivity index (χ3n) is 8.23. The van der Waals surface area contributed by atoms with Gasteiger partial charge in [-0.2, -0.15) is 0 Å². The Bertz CT molecular complexity index is 927. The molecule has 0 aromatic carbocycles. The van der Waals surface area contributed by atoms with Gasteiger partial charge in [0.2, 0.25) is 0 Å². The molecule has 0 aromatic heterocycles. The second-order valence-electron chi connectivity index (χ2n) is 12.3. The first kappa shape index (κ1) is 33.4. The summed E-state index contributed by atoms with van der Waals surface area (Å²) in [6.45, 7) is 12.9. The zero-order valence-electron chi connectivity index (χ0n) is 24.7. The van der Waals surface area contributed by atoms with Crippen LogP contribution in [0.2, 0.25) is 0 Å². The van der Waals surface area contributed by atoms with Crippen molar-refractivity contribution in [1.82, 2.24) is 4.90 Å². The number of fused-ring (bicyclic) bond motifs is 4. The highest BCUT2D eigenvalue weighted by molar-refractivity contribution is 5.91. The summed E-state index contributed by atoms with van der Waals surface area (Å²) in [6.07, 6.45) is 4.08. The molecule has 4 aliphatic heterocycles. The molecule has 230 valence electrons. The number of epoxide rings is 1. The summed E-state index contributed by atoms with van der Waals surface area (Å²) >= 11 is 0. The van der Waals surface area contributed by atoms with Gasteiger partial charge in [-0.1, -0.05) is 18.2 Å². The summed E-state index contributed by atoms with van der Waals surface area (Å²) in [4.78, 5) is 13.8. The lowest BCUT2D eigenvalue weighted by atomic mass is 9.84. The van der Waals surface area contributed by atoms with Crippen LogP contribution in [-0.2, 0) is 33.2 Å². The van der Waals surface area contributed by atoms with Gasteiger partial charge in [0.25, 0.3) is 0 Å². The van der Waals surface area contributed by atoms with E-state index in [-0.39, 0.29) is 54.8 Å². The van der Waals surface area contributed by atoms with Crippen molar-refractivity contribution in [2.24, 2.45) is 5.92 Å². The van der Waals surface area contributed by atoms with Crippen LogP contribution in [0.15, 0.2) is 23.8 Å². The molecule has 0 saturated carbocycles. The number of ether oxygens (including phenoxy) is 6. The van der Waals surface area contributed by atoms with Crippen molar-refractivity contribution in [2.75, 3.05) is 33.9 Å². The van der Waals surface area contributed by atoms with Crippen molar-refractivity contribution in [3.63, 3.8) is 0 Å². The van der Waals surface area contributed by atoms with E-state index in [4.69, 9.17) is 33.5 Å². The minimum Gasteiger partial charge on any atom is -0.455 e. The summed E-state index contributed by atoms with van der Waals surface area (Å²) in [5.74, 6) is -0.829.